The first kappa shape index (κ1) is 11.8. The zero-order valence-electron chi connectivity index (χ0n) is 9.41. The molecule has 90 valence electrons. The summed E-state index contributed by atoms with van der Waals surface area (Å²) >= 11 is 0. The Labute approximate surface area is 98.3 Å². The molecule has 0 fully saturated rings. The second-order valence-corrected chi connectivity index (χ2v) is 3.90. The Balaban J connectivity index is 1.98. The van der Waals surface area contributed by atoms with Crippen LogP contribution in [-0.4, -0.2) is 0 Å². The van der Waals surface area contributed by atoms with Crippen molar-refractivity contribution in [2.24, 2.45) is 0 Å². The lowest BCUT2D eigenvalue weighted by Crippen LogP contribution is -2.17. The maximum atomic E-state index is 12.9. The van der Waals surface area contributed by atoms with Crippen LogP contribution in [-0.2, 0) is 6.54 Å². The van der Waals surface area contributed by atoms with Gasteiger partial charge in [-0.3, -0.25) is 0 Å². The lowest BCUT2D eigenvalue weighted by atomic mass is 10.2. The van der Waals surface area contributed by atoms with Crippen molar-refractivity contribution in [1.82, 2.24) is 5.32 Å². The number of benzene rings is 1. The molecule has 1 heterocycles. The van der Waals surface area contributed by atoms with Crippen LogP contribution >= 0.6 is 0 Å². The highest BCUT2D eigenvalue weighted by Crippen LogP contribution is 2.14. The van der Waals surface area contributed by atoms with Gasteiger partial charge in [0.25, 0.3) is 0 Å². The SMILES string of the molecule is C[C@@H](NCc1cc(F)cc(F)c1)c1ccco1. The van der Waals surface area contributed by atoms with Gasteiger partial charge >= 0.3 is 0 Å². The molecule has 4 heteroatoms. The first-order valence-electron chi connectivity index (χ1n) is 5.37. The molecule has 0 unspecified atom stereocenters. The fourth-order valence-corrected chi connectivity index (χ4v) is 1.62. The Kier molecular flexibility index (Phi) is 3.54. The van der Waals surface area contributed by atoms with Crippen molar-refractivity contribution in [2.75, 3.05) is 0 Å². The third-order valence-electron chi connectivity index (χ3n) is 2.50. The summed E-state index contributed by atoms with van der Waals surface area (Å²) in [6.45, 7) is 2.31. The van der Waals surface area contributed by atoms with Gasteiger partial charge in [0.2, 0.25) is 0 Å². The van der Waals surface area contributed by atoms with Crippen molar-refractivity contribution in [2.45, 2.75) is 19.5 Å². The Hall–Kier alpha value is -1.68. The molecular formula is C13H13F2NO. The molecule has 1 aromatic carbocycles. The van der Waals surface area contributed by atoms with Crippen LogP contribution in [0.2, 0.25) is 0 Å². The Morgan fingerprint density at radius 2 is 1.94 bits per heavy atom. The molecule has 0 radical (unpaired) electrons. The first-order valence-corrected chi connectivity index (χ1v) is 5.37. The number of hydrogen-bond donors (Lipinski definition) is 1. The summed E-state index contributed by atoms with van der Waals surface area (Å²) in [5, 5.41) is 3.13. The van der Waals surface area contributed by atoms with Gasteiger partial charge in [-0.25, -0.2) is 8.78 Å². The highest BCUT2D eigenvalue weighted by atomic mass is 19.1. The zero-order chi connectivity index (χ0) is 12.3. The third kappa shape index (κ3) is 3.14. The molecule has 0 aliphatic carbocycles. The van der Waals surface area contributed by atoms with Crippen LogP contribution in [0.3, 0.4) is 0 Å². The lowest BCUT2D eigenvalue weighted by molar-refractivity contribution is 0.429. The van der Waals surface area contributed by atoms with E-state index < -0.39 is 11.6 Å². The number of rotatable bonds is 4. The predicted octanol–water partition coefficient (Wildman–Crippen LogP) is 3.41. The van der Waals surface area contributed by atoms with E-state index in [1.54, 1.807) is 12.3 Å². The van der Waals surface area contributed by atoms with Crippen molar-refractivity contribution in [3.63, 3.8) is 0 Å². The molecule has 1 N–H and O–H groups in total. The highest BCUT2D eigenvalue weighted by molar-refractivity contribution is 5.18. The van der Waals surface area contributed by atoms with Gasteiger partial charge in [-0.05, 0) is 36.8 Å². The van der Waals surface area contributed by atoms with Crippen molar-refractivity contribution < 1.29 is 13.2 Å². The van der Waals surface area contributed by atoms with E-state index in [1.807, 2.05) is 13.0 Å². The van der Waals surface area contributed by atoms with E-state index in [4.69, 9.17) is 4.42 Å². The van der Waals surface area contributed by atoms with Gasteiger partial charge in [-0.2, -0.15) is 0 Å². The fourth-order valence-electron chi connectivity index (χ4n) is 1.62. The lowest BCUT2D eigenvalue weighted by Gasteiger charge is -2.11. The van der Waals surface area contributed by atoms with Crippen LogP contribution in [0.15, 0.2) is 41.0 Å². The quantitative estimate of drug-likeness (QED) is 0.881. The second kappa shape index (κ2) is 5.10. The zero-order valence-corrected chi connectivity index (χ0v) is 9.41. The van der Waals surface area contributed by atoms with Crippen LogP contribution in [0.1, 0.15) is 24.3 Å². The Morgan fingerprint density at radius 1 is 1.24 bits per heavy atom. The third-order valence-corrected chi connectivity index (χ3v) is 2.50. The molecule has 0 aliphatic heterocycles. The highest BCUT2D eigenvalue weighted by Gasteiger charge is 2.08. The minimum atomic E-state index is -0.563. The average Bonchev–Trinajstić information content (AvgIpc) is 2.78. The van der Waals surface area contributed by atoms with Crippen LogP contribution in [0.5, 0.6) is 0 Å². The molecule has 0 aliphatic rings. The molecule has 0 spiro atoms. The molecule has 2 nitrogen and oxygen atoms in total. The number of furan rings is 1. The molecule has 1 aromatic heterocycles. The average molecular weight is 237 g/mol. The molecule has 0 bridgehead atoms. The minimum absolute atomic E-state index is 0.00340. The maximum absolute atomic E-state index is 12.9. The Morgan fingerprint density at radius 3 is 2.53 bits per heavy atom. The molecule has 17 heavy (non-hydrogen) atoms. The number of nitrogens with one attached hydrogen (secondary N) is 1. The van der Waals surface area contributed by atoms with Gasteiger partial charge in [-0.1, -0.05) is 0 Å². The fraction of sp³-hybridized carbons (Fsp3) is 0.231. The molecular weight excluding hydrogens is 224 g/mol. The van der Waals surface area contributed by atoms with E-state index in [9.17, 15) is 8.78 Å². The molecule has 2 rings (SSSR count). The van der Waals surface area contributed by atoms with Gasteiger partial charge in [0.05, 0.1) is 12.3 Å². The minimum Gasteiger partial charge on any atom is -0.468 e. The summed E-state index contributed by atoms with van der Waals surface area (Å²) in [7, 11) is 0. The largest absolute Gasteiger partial charge is 0.468 e. The molecule has 0 amide bonds. The van der Waals surface area contributed by atoms with Crippen molar-refractivity contribution in [3.8, 4) is 0 Å². The van der Waals surface area contributed by atoms with E-state index in [2.05, 4.69) is 5.32 Å². The van der Waals surface area contributed by atoms with Gasteiger partial charge in [0.15, 0.2) is 0 Å². The summed E-state index contributed by atoms with van der Waals surface area (Å²) in [6, 6.07) is 7.13. The van der Waals surface area contributed by atoms with Crippen molar-refractivity contribution in [1.29, 1.82) is 0 Å². The smallest absolute Gasteiger partial charge is 0.126 e. The van der Waals surface area contributed by atoms with Crippen molar-refractivity contribution in [3.05, 3.63) is 59.6 Å². The molecule has 2 aromatic rings. The summed E-state index contributed by atoms with van der Waals surface area (Å²) in [5.41, 5.74) is 0.570. The van der Waals surface area contributed by atoms with Crippen molar-refractivity contribution >= 4 is 0 Å². The van der Waals surface area contributed by atoms with Crippen LogP contribution in [0, 0.1) is 11.6 Å². The monoisotopic (exact) mass is 237 g/mol. The van der Waals surface area contributed by atoms with Gasteiger partial charge in [0.1, 0.15) is 17.4 Å². The van der Waals surface area contributed by atoms with E-state index in [-0.39, 0.29) is 6.04 Å². The number of halogens is 2. The standard InChI is InChI=1S/C13H13F2NO/c1-9(13-3-2-4-17-13)16-8-10-5-11(14)7-12(15)6-10/h2-7,9,16H,8H2,1H3/t9-/m1/s1. The molecule has 0 saturated carbocycles. The maximum Gasteiger partial charge on any atom is 0.126 e. The number of hydrogen-bond acceptors (Lipinski definition) is 2. The molecule has 1 atom stereocenters. The summed E-state index contributed by atoms with van der Waals surface area (Å²) < 4.78 is 31.1. The summed E-state index contributed by atoms with van der Waals surface area (Å²) in [5.74, 6) is -0.332. The second-order valence-electron chi connectivity index (χ2n) is 3.90. The van der Waals surface area contributed by atoms with Gasteiger partial charge in [-0.15, -0.1) is 0 Å². The molecule has 0 saturated heterocycles. The Bertz CT molecular complexity index is 462. The topological polar surface area (TPSA) is 25.2 Å². The van der Waals surface area contributed by atoms with E-state index in [1.165, 1.54) is 12.1 Å². The predicted molar refractivity (Wildman–Crippen MR) is 60.3 cm³/mol. The normalized spacial score (nSPS) is 12.6. The van der Waals surface area contributed by atoms with Gasteiger partial charge in [0, 0.05) is 12.6 Å². The first-order chi connectivity index (χ1) is 8.15. The summed E-state index contributed by atoms with van der Waals surface area (Å²) in [6.07, 6.45) is 1.59. The van der Waals surface area contributed by atoms with E-state index >= 15 is 0 Å². The van der Waals surface area contributed by atoms with Crippen LogP contribution < -0.4 is 5.32 Å². The summed E-state index contributed by atoms with van der Waals surface area (Å²) in [4.78, 5) is 0. The van der Waals surface area contributed by atoms with Crippen LogP contribution in [0.25, 0.3) is 0 Å². The van der Waals surface area contributed by atoms with Crippen LogP contribution in [0.4, 0.5) is 8.78 Å². The van der Waals surface area contributed by atoms with E-state index in [0.717, 1.165) is 11.8 Å². The van der Waals surface area contributed by atoms with Gasteiger partial charge < -0.3 is 9.73 Å². The van der Waals surface area contributed by atoms with E-state index in [0.29, 0.717) is 12.1 Å².